The predicted molar refractivity (Wildman–Crippen MR) is 121 cm³/mol. The number of hydrogen-bond donors (Lipinski definition) is 1. The van der Waals surface area contributed by atoms with Crippen molar-refractivity contribution in [2.45, 2.75) is 12.6 Å². The van der Waals surface area contributed by atoms with Crippen LogP contribution in [0.25, 0.3) is 5.76 Å². The van der Waals surface area contributed by atoms with Crippen molar-refractivity contribution in [3.05, 3.63) is 107 Å². The third-order valence-electron chi connectivity index (χ3n) is 5.51. The lowest BCUT2D eigenvalue weighted by atomic mass is 9.95. The molecule has 0 bridgehead atoms. The Morgan fingerprint density at radius 1 is 0.871 bits per heavy atom. The Balaban J connectivity index is 1.84. The highest BCUT2D eigenvalue weighted by atomic mass is 16.3. The molecule has 31 heavy (non-hydrogen) atoms. The molecule has 0 aliphatic carbocycles. The average molecular weight is 412 g/mol. The normalized spacial score (nSPS) is 17.7. The molecule has 3 aromatic carbocycles. The summed E-state index contributed by atoms with van der Waals surface area (Å²) in [7, 11) is 3.90. The molecular weight excluding hydrogens is 388 g/mol. The average Bonchev–Trinajstić information content (AvgIpc) is 3.05. The number of hydrogen-bond acceptors (Lipinski definition) is 4. The quantitative estimate of drug-likeness (QED) is 0.384. The summed E-state index contributed by atoms with van der Waals surface area (Å²) in [6, 6.07) is 25.4. The van der Waals surface area contributed by atoms with Gasteiger partial charge in [0, 0.05) is 31.9 Å². The molecular formula is C26H24N2O3. The fraction of sp³-hybridized carbons (Fsp3) is 0.154. The van der Waals surface area contributed by atoms with Crippen LogP contribution in [-0.4, -0.2) is 35.8 Å². The van der Waals surface area contributed by atoms with Gasteiger partial charge in [-0.3, -0.25) is 9.59 Å². The number of aliphatic hydroxyl groups is 1. The third kappa shape index (κ3) is 3.94. The standard InChI is InChI=1S/C26H24N2O3/c1-27(2)21-15-13-19(14-16-21)23-22(24(29)20-11-7-4-8-12-20)25(30)26(31)28(23)17-18-9-5-3-6-10-18/h3-16,23,29H,17H2,1-2H3/t23-/m0/s1. The Labute approximate surface area is 181 Å². The highest BCUT2D eigenvalue weighted by Gasteiger charge is 2.46. The van der Waals surface area contributed by atoms with Gasteiger partial charge in [0.15, 0.2) is 0 Å². The number of amides is 1. The van der Waals surface area contributed by atoms with Gasteiger partial charge < -0.3 is 14.9 Å². The SMILES string of the molecule is CN(C)c1ccc([C@H]2C(=C(O)c3ccccc3)C(=O)C(=O)N2Cc2ccccc2)cc1. The second-order valence-electron chi connectivity index (χ2n) is 7.76. The van der Waals surface area contributed by atoms with Crippen molar-refractivity contribution >= 4 is 23.1 Å². The molecule has 0 unspecified atom stereocenters. The molecule has 0 saturated carbocycles. The zero-order valence-corrected chi connectivity index (χ0v) is 17.5. The first kappa shape index (κ1) is 20.4. The number of carbonyl (C=O) groups is 2. The molecule has 156 valence electrons. The van der Waals surface area contributed by atoms with E-state index >= 15 is 0 Å². The Morgan fingerprint density at radius 3 is 2.03 bits per heavy atom. The summed E-state index contributed by atoms with van der Waals surface area (Å²) < 4.78 is 0. The van der Waals surface area contributed by atoms with Crippen molar-refractivity contribution in [3.8, 4) is 0 Å². The maximum absolute atomic E-state index is 13.1. The number of benzene rings is 3. The second kappa shape index (κ2) is 8.48. The number of rotatable bonds is 5. The van der Waals surface area contributed by atoms with Gasteiger partial charge in [0.2, 0.25) is 0 Å². The van der Waals surface area contributed by atoms with Gasteiger partial charge in [-0.1, -0.05) is 72.8 Å². The first-order valence-corrected chi connectivity index (χ1v) is 10.1. The predicted octanol–water partition coefficient (Wildman–Crippen LogP) is 4.37. The van der Waals surface area contributed by atoms with Gasteiger partial charge in [0.25, 0.3) is 11.7 Å². The number of likely N-dealkylation sites (tertiary alicyclic amines) is 1. The molecule has 1 aliphatic heterocycles. The smallest absolute Gasteiger partial charge is 0.295 e. The van der Waals surface area contributed by atoms with Crippen LogP contribution in [0.5, 0.6) is 0 Å². The number of anilines is 1. The van der Waals surface area contributed by atoms with Crippen LogP contribution >= 0.6 is 0 Å². The van der Waals surface area contributed by atoms with Gasteiger partial charge in [-0.05, 0) is 23.3 Å². The zero-order chi connectivity index (χ0) is 22.0. The lowest BCUT2D eigenvalue weighted by Crippen LogP contribution is -2.29. The summed E-state index contributed by atoms with van der Waals surface area (Å²) in [5.41, 5.74) is 3.32. The molecule has 5 nitrogen and oxygen atoms in total. The van der Waals surface area contributed by atoms with Crippen molar-refractivity contribution in [3.63, 3.8) is 0 Å². The zero-order valence-electron chi connectivity index (χ0n) is 17.5. The number of carbonyl (C=O) groups excluding carboxylic acids is 2. The highest BCUT2D eigenvalue weighted by molar-refractivity contribution is 6.46. The molecule has 1 fully saturated rings. The lowest BCUT2D eigenvalue weighted by Gasteiger charge is -2.26. The van der Waals surface area contributed by atoms with E-state index in [1.54, 1.807) is 24.3 Å². The fourth-order valence-corrected chi connectivity index (χ4v) is 3.88. The third-order valence-corrected chi connectivity index (χ3v) is 5.51. The van der Waals surface area contributed by atoms with Crippen LogP contribution in [-0.2, 0) is 16.1 Å². The minimum atomic E-state index is -0.670. The van der Waals surface area contributed by atoms with E-state index in [0.29, 0.717) is 5.56 Å². The van der Waals surface area contributed by atoms with E-state index in [-0.39, 0.29) is 17.9 Å². The van der Waals surface area contributed by atoms with Gasteiger partial charge >= 0.3 is 0 Å². The Bertz CT molecular complexity index is 1120. The molecule has 3 aromatic rings. The van der Waals surface area contributed by atoms with E-state index in [9.17, 15) is 14.7 Å². The van der Waals surface area contributed by atoms with Gasteiger partial charge in [0.05, 0.1) is 11.6 Å². The van der Waals surface area contributed by atoms with Crippen molar-refractivity contribution in [2.75, 3.05) is 19.0 Å². The fourth-order valence-electron chi connectivity index (χ4n) is 3.88. The van der Waals surface area contributed by atoms with E-state index in [4.69, 9.17) is 0 Å². The van der Waals surface area contributed by atoms with Crippen molar-refractivity contribution < 1.29 is 14.7 Å². The van der Waals surface area contributed by atoms with Gasteiger partial charge in [-0.15, -0.1) is 0 Å². The number of nitrogens with zero attached hydrogens (tertiary/aromatic N) is 2. The summed E-state index contributed by atoms with van der Waals surface area (Å²) in [5, 5.41) is 11.0. The van der Waals surface area contributed by atoms with Crippen LogP contribution in [0.3, 0.4) is 0 Å². The molecule has 0 radical (unpaired) electrons. The molecule has 1 amide bonds. The molecule has 1 N–H and O–H groups in total. The molecule has 0 spiro atoms. The Hall–Kier alpha value is -3.86. The van der Waals surface area contributed by atoms with Gasteiger partial charge in [-0.2, -0.15) is 0 Å². The Kier molecular flexibility index (Phi) is 5.58. The molecule has 0 aromatic heterocycles. The van der Waals surface area contributed by atoms with Crippen LogP contribution in [0.2, 0.25) is 0 Å². The molecule has 1 heterocycles. The molecule has 1 atom stereocenters. The molecule has 5 heteroatoms. The molecule has 1 aliphatic rings. The first-order chi connectivity index (χ1) is 15.0. The van der Waals surface area contributed by atoms with E-state index in [1.165, 1.54) is 4.90 Å². The van der Waals surface area contributed by atoms with E-state index in [0.717, 1.165) is 16.8 Å². The summed E-state index contributed by atoms with van der Waals surface area (Å²) >= 11 is 0. The van der Waals surface area contributed by atoms with E-state index in [2.05, 4.69) is 0 Å². The monoisotopic (exact) mass is 412 g/mol. The first-order valence-electron chi connectivity index (χ1n) is 10.1. The van der Waals surface area contributed by atoms with Crippen molar-refractivity contribution in [1.29, 1.82) is 0 Å². The van der Waals surface area contributed by atoms with Crippen LogP contribution in [0.1, 0.15) is 22.7 Å². The topological polar surface area (TPSA) is 60.9 Å². The van der Waals surface area contributed by atoms with Crippen LogP contribution in [0.15, 0.2) is 90.5 Å². The number of aliphatic hydroxyl groups excluding tert-OH is 1. The Morgan fingerprint density at radius 2 is 1.45 bits per heavy atom. The lowest BCUT2D eigenvalue weighted by molar-refractivity contribution is -0.140. The largest absolute Gasteiger partial charge is 0.507 e. The summed E-state index contributed by atoms with van der Waals surface area (Å²) in [5.74, 6) is -1.43. The summed E-state index contributed by atoms with van der Waals surface area (Å²) in [6.45, 7) is 0.275. The number of Topliss-reactive ketones (excluding diaryl/α,β-unsaturated/α-hetero) is 1. The molecule has 1 saturated heterocycles. The summed E-state index contributed by atoms with van der Waals surface area (Å²) in [4.78, 5) is 29.6. The minimum absolute atomic E-state index is 0.115. The van der Waals surface area contributed by atoms with Crippen LogP contribution in [0.4, 0.5) is 5.69 Å². The highest BCUT2D eigenvalue weighted by Crippen LogP contribution is 2.40. The summed E-state index contributed by atoms with van der Waals surface area (Å²) in [6.07, 6.45) is 0. The van der Waals surface area contributed by atoms with E-state index in [1.807, 2.05) is 79.7 Å². The van der Waals surface area contributed by atoms with Gasteiger partial charge in [-0.25, -0.2) is 0 Å². The second-order valence-corrected chi connectivity index (χ2v) is 7.76. The van der Waals surface area contributed by atoms with Crippen molar-refractivity contribution in [1.82, 2.24) is 4.90 Å². The maximum atomic E-state index is 13.1. The number of ketones is 1. The van der Waals surface area contributed by atoms with Crippen molar-refractivity contribution in [2.24, 2.45) is 0 Å². The van der Waals surface area contributed by atoms with Gasteiger partial charge in [0.1, 0.15) is 5.76 Å². The van der Waals surface area contributed by atoms with E-state index < -0.39 is 17.7 Å². The van der Waals surface area contributed by atoms with Crippen LogP contribution in [0, 0.1) is 0 Å². The van der Waals surface area contributed by atoms with Crippen LogP contribution < -0.4 is 4.90 Å². The minimum Gasteiger partial charge on any atom is -0.507 e. The molecule has 4 rings (SSSR count). The maximum Gasteiger partial charge on any atom is 0.295 e.